The highest BCUT2D eigenvalue weighted by molar-refractivity contribution is 6.09. The first-order chi connectivity index (χ1) is 26.5. The van der Waals surface area contributed by atoms with Gasteiger partial charge in [0.25, 0.3) is 0 Å². The van der Waals surface area contributed by atoms with E-state index in [-0.39, 0.29) is 0 Å². The van der Waals surface area contributed by atoms with Gasteiger partial charge >= 0.3 is 0 Å². The summed E-state index contributed by atoms with van der Waals surface area (Å²) in [4.78, 5) is 0. The van der Waals surface area contributed by atoms with Crippen LogP contribution in [0.5, 0.6) is 0 Å². The maximum atomic E-state index is 3.83. The van der Waals surface area contributed by atoms with Crippen LogP contribution in [0.3, 0.4) is 0 Å². The summed E-state index contributed by atoms with van der Waals surface area (Å²) < 4.78 is 2.40. The summed E-state index contributed by atoms with van der Waals surface area (Å²) in [6.45, 7) is 12.6. The molecule has 0 atom stereocenters. The van der Waals surface area contributed by atoms with Gasteiger partial charge < -0.3 is 4.57 Å². The Morgan fingerprint density at radius 3 is 1.85 bits per heavy atom. The smallest absolute Gasteiger partial charge is 0.0541 e. The second-order valence-corrected chi connectivity index (χ2v) is 14.8. The molecule has 1 heteroatoms. The molecule has 1 saturated carbocycles. The van der Waals surface area contributed by atoms with Crippen molar-refractivity contribution in [3.05, 3.63) is 192 Å². The van der Waals surface area contributed by atoms with Crippen LogP contribution in [0, 0.1) is 6.92 Å². The fourth-order valence-corrected chi connectivity index (χ4v) is 7.95. The van der Waals surface area contributed by atoms with Gasteiger partial charge in [0.2, 0.25) is 0 Å². The zero-order valence-electron chi connectivity index (χ0n) is 32.5. The van der Waals surface area contributed by atoms with Gasteiger partial charge in [-0.05, 0) is 120 Å². The summed E-state index contributed by atoms with van der Waals surface area (Å²) >= 11 is 0. The van der Waals surface area contributed by atoms with E-state index in [0.717, 1.165) is 30.8 Å². The summed E-state index contributed by atoms with van der Waals surface area (Å²) in [5, 5.41) is 2.59. The number of benzene rings is 6. The molecule has 8 rings (SSSR count). The lowest BCUT2D eigenvalue weighted by atomic mass is 9.76. The Bertz CT molecular complexity index is 2380. The van der Waals surface area contributed by atoms with E-state index >= 15 is 0 Å². The Morgan fingerprint density at radius 2 is 1.28 bits per heavy atom. The molecule has 1 aliphatic carbocycles. The Labute approximate surface area is 323 Å². The van der Waals surface area contributed by atoms with Crippen molar-refractivity contribution >= 4 is 38.5 Å². The van der Waals surface area contributed by atoms with Crippen LogP contribution < -0.4 is 0 Å². The molecule has 1 fully saturated rings. The summed E-state index contributed by atoms with van der Waals surface area (Å²) in [6.07, 6.45) is 12.0. The molecular formula is C53H53N. The molecule has 1 aliphatic rings. The molecule has 0 amide bonds. The highest BCUT2D eigenvalue weighted by Crippen LogP contribution is 2.42. The van der Waals surface area contributed by atoms with Crippen LogP contribution in [-0.2, 0) is 0 Å². The van der Waals surface area contributed by atoms with E-state index in [1.807, 2.05) is 25.1 Å². The summed E-state index contributed by atoms with van der Waals surface area (Å²) in [5.74, 6) is 0.719. The number of para-hydroxylation sites is 2. The summed E-state index contributed by atoms with van der Waals surface area (Å²) in [7, 11) is 0. The quantitative estimate of drug-likeness (QED) is 0.125. The van der Waals surface area contributed by atoms with Crippen LogP contribution in [0.2, 0.25) is 0 Å². The van der Waals surface area contributed by atoms with Gasteiger partial charge in [0.15, 0.2) is 0 Å². The third-order valence-electron chi connectivity index (χ3n) is 11.0. The number of fused-ring (bicyclic) bond motifs is 3. The predicted molar refractivity (Wildman–Crippen MR) is 236 cm³/mol. The molecule has 1 aromatic heterocycles. The van der Waals surface area contributed by atoms with Crippen LogP contribution in [0.1, 0.15) is 93.0 Å². The van der Waals surface area contributed by atoms with Crippen molar-refractivity contribution < 1.29 is 0 Å². The number of hydrogen-bond acceptors (Lipinski definition) is 0. The number of aromatic nitrogens is 1. The van der Waals surface area contributed by atoms with Crippen LogP contribution >= 0.6 is 0 Å². The van der Waals surface area contributed by atoms with E-state index < -0.39 is 0 Å². The average Bonchev–Trinajstić information content (AvgIpc) is 3.52. The lowest BCUT2D eigenvalue weighted by Gasteiger charge is -2.28. The molecule has 0 radical (unpaired) electrons. The zero-order chi connectivity index (χ0) is 37.4. The minimum atomic E-state index is 0.719. The molecule has 7 aromatic rings. The summed E-state index contributed by atoms with van der Waals surface area (Å²) in [6, 6.07) is 53.0. The maximum absolute atomic E-state index is 3.83. The molecule has 270 valence electrons. The molecule has 0 bridgehead atoms. The second-order valence-electron chi connectivity index (χ2n) is 14.8. The van der Waals surface area contributed by atoms with Gasteiger partial charge in [-0.2, -0.15) is 0 Å². The Hall–Kier alpha value is -5.66. The molecule has 1 heterocycles. The lowest BCUT2D eigenvalue weighted by molar-refractivity contribution is 0.420. The van der Waals surface area contributed by atoms with E-state index in [1.54, 1.807) is 0 Å². The van der Waals surface area contributed by atoms with Crippen molar-refractivity contribution in [2.45, 2.75) is 72.1 Å². The standard InChI is InChI=1S/C44H43N.C9H10/c1-4-13-34(32-23-26-37(27-24-32)45-43-21-10-8-19-41(43)42-20-9-11-22-44(42)45)30-35(14-5-2)36-25-28-38(31(3)29-36)40-18-7-6-17-39(40)33-15-12-16-33;1-8(2)9-6-4-3-5-7-9/h6-11,14,17-30,33H,4-5,12-13,15-16H2,1-3H3;3-7H,1H2,2H3/b34-30+,35-14-;. The zero-order valence-corrected chi connectivity index (χ0v) is 32.5. The van der Waals surface area contributed by atoms with Crippen molar-refractivity contribution in [1.29, 1.82) is 0 Å². The Morgan fingerprint density at radius 1 is 0.667 bits per heavy atom. The van der Waals surface area contributed by atoms with Crippen molar-refractivity contribution in [2.75, 3.05) is 0 Å². The molecular weight excluding hydrogens is 651 g/mol. The van der Waals surface area contributed by atoms with E-state index in [9.17, 15) is 0 Å². The predicted octanol–water partition coefficient (Wildman–Crippen LogP) is 15.4. The van der Waals surface area contributed by atoms with Crippen LogP contribution in [0.25, 0.3) is 55.3 Å². The number of rotatable bonds is 10. The largest absolute Gasteiger partial charge is 0.309 e. The number of aryl methyl sites for hydroxylation is 1. The highest BCUT2D eigenvalue weighted by atomic mass is 15.0. The van der Waals surface area contributed by atoms with Crippen LogP contribution in [0.15, 0.2) is 164 Å². The molecule has 0 saturated heterocycles. The minimum absolute atomic E-state index is 0.719. The topological polar surface area (TPSA) is 4.93 Å². The van der Waals surface area contributed by atoms with Gasteiger partial charge in [-0.25, -0.2) is 0 Å². The molecule has 54 heavy (non-hydrogen) atoms. The number of nitrogens with zero attached hydrogens (tertiary/aromatic N) is 1. The third-order valence-corrected chi connectivity index (χ3v) is 11.0. The van der Waals surface area contributed by atoms with E-state index in [0.29, 0.717) is 0 Å². The molecule has 0 unspecified atom stereocenters. The van der Waals surface area contributed by atoms with Crippen molar-refractivity contribution in [2.24, 2.45) is 0 Å². The van der Waals surface area contributed by atoms with Gasteiger partial charge in [0, 0.05) is 16.5 Å². The molecule has 6 aromatic carbocycles. The van der Waals surface area contributed by atoms with Crippen molar-refractivity contribution in [3.8, 4) is 16.8 Å². The first kappa shape index (κ1) is 36.7. The Balaban J connectivity index is 0.000000440. The lowest BCUT2D eigenvalue weighted by Crippen LogP contribution is -2.10. The SMILES string of the molecule is C=C(C)c1ccccc1.CC/C=C(/C=C(\CCC)c1ccc(-n2c3ccccc3c3ccccc32)cc1)c1ccc(-c2ccccc2C2CCC2)c(C)c1. The summed E-state index contributed by atoms with van der Waals surface area (Å²) in [5.41, 5.74) is 17.0. The average molecular weight is 704 g/mol. The van der Waals surface area contributed by atoms with Gasteiger partial charge in [0.1, 0.15) is 0 Å². The minimum Gasteiger partial charge on any atom is -0.309 e. The van der Waals surface area contributed by atoms with Gasteiger partial charge in [-0.15, -0.1) is 0 Å². The fourth-order valence-electron chi connectivity index (χ4n) is 7.95. The monoisotopic (exact) mass is 703 g/mol. The van der Waals surface area contributed by atoms with E-state index in [4.69, 9.17) is 0 Å². The third kappa shape index (κ3) is 7.82. The van der Waals surface area contributed by atoms with Gasteiger partial charge in [-0.3, -0.25) is 0 Å². The first-order valence-corrected chi connectivity index (χ1v) is 19.9. The number of allylic oxidation sites excluding steroid dienone is 5. The second kappa shape index (κ2) is 17.0. The van der Waals surface area contributed by atoms with Crippen LogP contribution in [0.4, 0.5) is 0 Å². The van der Waals surface area contributed by atoms with Crippen molar-refractivity contribution in [1.82, 2.24) is 4.57 Å². The molecule has 1 nitrogen and oxygen atoms in total. The molecule has 0 spiro atoms. The van der Waals surface area contributed by atoms with E-state index in [1.165, 1.54) is 96.8 Å². The van der Waals surface area contributed by atoms with Crippen LogP contribution in [-0.4, -0.2) is 4.57 Å². The molecule has 0 N–H and O–H groups in total. The fraction of sp³-hybridized carbons (Fsp3) is 0.208. The number of hydrogen-bond donors (Lipinski definition) is 0. The maximum Gasteiger partial charge on any atom is 0.0541 e. The normalized spacial score (nSPS) is 13.4. The van der Waals surface area contributed by atoms with Gasteiger partial charge in [0.05, 0.1) is 11.0 Å². The van der Waals surface area contributed by atoms with Crippen molar-refractivity contribution in [3.63, 3.8) is 0 Å². The highest BCUT2D eigenvalue weighted by Gasteiger charge is 2.23. The molecule has 0 aliphatic heterocycles. The van der Waals surface area contributed by atoms with E-state index in [2.05, 4.69) is 171 Å². The van der Waals surface area contributed by atoms with Gasteiger partial charge in [-0.1, -0.05) is 172 Å². The first-order valence-electron chi connectivity index (χ1n) is 19.9. The Kier molecular flexibility index (Phi) is 11.5.